The summed E-state index contributed by atoms with van der Waals surface area (Å²) in [5.74, 6) is 0.00755. The van der Waals surface area contributed by atoms with Gasteiger partial charge in [0.1, 0.15) is 4.33 Å². The van der Waals surface area contributed by atoms with Gasteiger partial charge in [-0.25, -0.2) is 4.79 Å². The molecule has 0 aliphatic heterocycles. The van der Waals surface area contributed by atoms with Gasteiger partial charge in [0.2, 0.25) is 5.16 Å². The van der Waals surface area contributed by atoms with Gasteiger partial charge in [-0.05, 0) is 41.1 Å². The summed E-state index contributed by atoms with van der Waals surface area (Å²) >= 11 is 13.5. The summed E-state index contributed by atoms with van der Waals surface area (Å²) in [7, 11) is 0. The van der Waals surface area contributed by atoms with Gasteiger partial charge >= 0.3 is 5.97 Å². The predicted octanol–water partition coefficient (Wildman–Crippen LogP) is 2.65. The number of nitrogens with zero attached hydrogens (tertiary/aromatic N) is 4. The number of thioether (sulfide) groups is 1. The molecule has 0 bridgehead atoms. The molecule has 110 valence electrons. The van der Waals surface area contributed by atoms with Crippen molar-refractivity contribution in [3.63, 3.8) is 0 Å². The van der Waals surface area contributed by atoms with Crippen LogP contribution in [-0.4, -0.2) is 41.4 Å². The summed E-state index contributed by atoms with van der Waals surface area (Å²) < 4.78 is 0.942. The molecule has 1 heterocycles. The fourth-order valence-electron chi connectivity index (χ4n) is 1.80. The van der Waals surface area contributed by atoms with Gasteiger partial charge in [0.25, 0.3) is 0 Å². The van der Waals surface area contributed by atoms with Gasteiger partial charge in [-0.3, -0.25) is 0 Å². The van der Waals surface area contributed by atoms with Crippen LogP contribution >= 0.6 is 35.0 Å². The first-order valence-electron chi connectivity index (χ1n) is 6.10. The summed E-state index contributed by atoms with van der Waals surface area (Å²) in [6.45, 7) is 0. The van der Waals surface area contributed by atoms with E-state index in [9.17, 15) is 4.79 Å². The number of rotatable bonds is 5. The minimum absolute atomic E-state index is 0.216. The molecule has 0 amide bonds. The Bertz CT molecular complexity index is 674. The molecule has 21 heavy (non-hydrogen) atoms. The molecule has 0 saturated heterocycles. The lowest BCUT2D eigenvalue weighted by Crippen LogP contribution is -2.02. The number of alkyl halides is 2. The van der Waals surface area contributed by atoms with E-state index in [4.69, 9.17) is 28.3 Å². The Balaban J connectivity index is 1.74. The molecule has 1 aromatic heterocycles. The topological polar surface area (TPSA) is 80.9 Å². The maximum absolute atomic E-state index is 10.8. The van der Waals surface area contributed by atoms with Gasteiger partial charge in [0.15, 0.2) is 0 Å². The van der Waals surface area contributed by atoms with E-state index >= 15 is 0 Å². The monoisotopic (exact) mass is 344 g/mol. The van der Waals surface area contributed by atoms with Crippen molar-refractivity contribution in [3.05, 3.63) is 29.8 Å². The molecule has 1 N–H and O–H groups in total. The fraction of sp³-hybridized carbons (Fsp3) is 0.333. The van der Waals surface area contributed by atoms with Gasteiger partial charge in [-0.15, -0.1) is 28.3 Å². The van der Waals surface area contributed by atoms with Crippen molar-refractivity contribution in [2.24, 2.45) is 5.92 Å². The third-order valence-electron chi connectivity index (χ3n) is 3.17. The van der Waals surface area contributed by atoms with E-state index in [0.717, 1.165) is 12.2 Å². The van der Waals surface area contributed by atoms with Crippen LogP contribution in [0.15, 0.2) is 29.4 Å². The van der Waals surface area contributed by atoms with Crippen LogP contribution in [0.3, 0.4) is 0 Å². The van der Waals surface area contributed by atoms with Crippen molar-refractivity contribution in [2.45, 2.75) is 15.9 Å². The van der Waals surface area contributed by atoms with Gasteiger partial charge in [0.05, 0.1) is 11.3 Å². The van der Waals surface area contributed by atoms with Crippen molar-refractivity contribution in [1.29, 1.82) is 0 Å². The minimum atomic E-state index is -0.970. The highest BCUT2D eigenvalue weighted by Gasteiger charge is 2.51. The number of carboxylic acid groups (broad SMARTS) is 1. The van der Waals surface area contributed by atoms with E-state index < -0.39 is 10.3 Å². The van der Waals surface area contributed by atoms with Gasteiger partial charge < -0.3 is 5.11 Å². The van der Waals surface area contributed by atoms with Crippen LogP contribution in [0.1, 0.15) is 16.8 Å². The highest BCUT2D eigenvalue weighted by molar-refractivity contribution is 7.99. The normalized spacial score (nSPS) is 19.4. The molecule has 1 aliphatic rings. The lowest BCUT2D eigenvalue weighted by atomic mass is 10.2. The molecule has 6 nitrogen and oxygen atoms in total. The molecule has 1 saturated carbocycles. The largest absolute Gasteiger partial charge is 0.478 e. The quantitative estimate of drug-likeness (QED) is 0.663. The van der Waals surface area contributed by atoms with Crippen molar-refractivity contribution < 1.29 is 9.90 Å². The molecule has 3 rings (SSSR count). The second-order valence-corrected chi connectivity index (χ2v) is 7.23. The van der Waals surface area contributed by atoms with E-state index in [2.05, 4.69) is 15.5 Å². The Hall–Kier alpha value is -1.31. The van der Waals surface area contributed by atoms with Crippen LogP contribution in [0.2, 0.25) is 0 Å². The van der Waals surface area contributed by atoms with Crippen LogP contribution in [0.5, 0.6) is 0 Å². The standard InChI is InChI=1S/C12H10Cl2N4O2S/c13-12(14)5-8(12)6-21-11-15-16-17-18(11)9-3-1-7(2-4-9)10(19)20/h1-4,8H,5-6H2,(H,19,20)/t8-/m1/s1. The SMILES string of the molecule is O=C(O)c1ccc(-n2nnnc2SC[C@H]2CC2(Cl)Cl)cc1. The molecule has 1 atom stereocenters. The highest BCUT2D eigenvalue weighted by Crippen LogP contribution is 2.54. The number of aromatic nitrogens is 4. The number of tetrazole rings is 1. The van der Waals surface area contributed by atoms with Crippen LogP contribution in [0.4, 0.5) is 0 Å². The third kappa shape index (κ3) is 3.14. The lowest BCUT2D eigenvalue weighted by molar-refractivity contribution is 0.0697. The lowest BCUT2D eigenvalue weighted by Gasteiger charge is -2.04. The van der Waals surface area contributed by atoms with E-state index in [1.54, 1.807) is 16.8 Å². The number of carboxylic acids is 1. The van der Waals surface area contributed by atoms with Crippen LogP contribution in [0, 0.1) is 5.92 Å². The summed E-state index contributed by atoms with van der Waals surface area (Å²) in [5.41, 5.74) is 0.916. The zero-order valence-electron chi connectivity index (χ0n) is 10.6. The van der Waals surface area contributed by atoms with Gasteiger partial charge in [-0.2, -0.15) is 4.68 Å². The van der Waals surface area contributed by atoms with Gasteiger partial charge in [-0.1, -0.05) is 11.8 Å². The molecular weight excluding hydrogens is 335 g/mol. The number of hydrogen-bond acceptors (Lipinski definition) is 5. The average Bonchev–Trinajstić information content (AvgIpc) is 2.87. The zero-order chi connectivity index (χ0) is 15.0. The smallest absolute Gasteiger partial charge is 0.335 e. The van der Waals surface area contributed by atoms with E-state index in [1.807, 2.05) is 0 Å². The minimum Gasteiger partial charge on any atom is -0.478 e. The van der Waals surface area contributed by atoms with Crippen LogP contribution in [-0.2, 0) is 0 Å². The summed E-state index contributed by atoms with van der Waals surface area (Å²) in [6.07, 6.45) is 0.776. The maximum Gasteiger partial charge on any atom is 0.335 e. The molecule has 2 aromatic rings. The first-order valence-corrected chi connectivity index (χ1v) is 7.84. The average molecular weight is 345 g/mol. The van der Waals surface area contributed by atoms with Gasteiger partial charge in [0, 0.05) is 11.7 Å². The highest BCUT2D eigenvalue weighted by atomic mass is 35.5. The summed E-state index contributed by atoms with van der Waals surface area (Å²) in [5, 5.41) is 21.0. The van der Waals surface area contributed by atoms with Crippen molar-refractivity contribution in [2.75, 3.05) is 5.75 Å². The molecule has 1 aromatic carbocycles. The molecule has 0 radical (unpaired) electrons. The predicted molar refractivity (Wildman–Crippen MR) is 79.4 cm³/mol. The van der Waals surface area contributed by atoms with Crippen molar-refractivity contribution >= 4 is 40.9 Å². The Morgan fingerprint density at radius 2 is 2.10 bits per heavy atom. The molecule has 0 unspecified atom stereocenters. The maximum atomic E-state index is 10.8. The summed E-state index contributed by atoms with van der Waals surface area (Å²) in [4.78, 5) is 10.8. The number of hydrogen-bond donors (Lipinski definition) is 1. The Kier molecular flexibility index (Phi) is 3.81. The number of aromatic carboxylic acids is 1. The summed E-state index contributed by atoms with van der Waals surface area (Å²) in [6, 6.07) is 6.34. The van der Waals surface area contributed by atoms with E-state index in [1.165, 1.54) is 23.9 Å². The Morgan fingerprint density at radius 3 is 2.67 bits per heavy atom. The van der Waals surface area contributed by atoms with Crippen LogP contribution < -0.4 is 0 Å². The van der Waals surface area contributed by atoms with Crippen molar-refractivity contribution in [1.82, 2.24) is 20.2 Å². The first kappa shape index (κ1) is 14.6. The Labute approximate surface area is 134 Å². The number of halogens is 2. The second-order valence-electron chi connectivity index (χ2n) is 4.70. The molecule has 0 spiro atoms. The third-order valence-corrected chi connectivity index (χ3v) is 5.18. The molecule has 1 fully saturated rings. The van der Waals surface area contributed by atoms with E-state index in [-0.39, 0.29) is 11.5 Å². The molecule has 9 heteroatoms. The second kappa shape index (κ2) is 5.47. The number of benzene rings is 1. The fourth-order valence-corrected chi connectivity index (χ4v) is 3.62. The Morgan fingerprint density at radius 1 is 1.43 bits per heavy atom. The molecule has 1 aliphatic carbocycles. The first-order chi connectivity index (χ1) is 9.97. The van der Waals surface area contributed by atoms with Crippen molar-refractivity contribution in [3.8, 4) is 5.69 Å². The van der Waals surface area contributed by atoms with Crippen LogP contribution in [0.25, 0.3) is 5.69 Å². The van der Waals surface area contributed by atoms with E-state index in [0.29, 0.717) is 10.8 Å². The molecular formula is C12H10Cl2N4O2S. The number of carbonyl (C=O) groups is 1. The zero-order valence-corrected chi connectivity index (χ0v) is 12.9.